The minimum atomic E-state index is -0.375. The van der Waals surface area contributed by atoms with Crippen molar-refractivity contribution in [3.8, 4) is 0 Å². The lowest BCUT2D eigenvalue weighted by atomic mass is 9.92. The lowest BCUT2D eigenvalue weighted by molar-refractivity contribution is -0.122. The average Bonchev–Trinajstić information content (AvgIpc) is 2.32. The summed E-state index contributed by atoms with van der Waals surface area (Å²) in [5.74, 6) is 0.00606. The second-order valence-electron chi connectivity index (χ2n) is 5.19. The molecule has 18 heavy (non-hydrogen) atoms. The van der Waals surface area contributed by atoms with Gasteiger partial charge >= 0.3 is 0 Å². The largest absolute Gasteiger partial charge is 0.391 e. The molecule has 1 aliphatic rings. The van der Waals surface area contributed by atoms with Crippen LogP contribution in [0, 0.1) is 6.92 Å². The third-order valence-corrected chi connectivity index (χ3v) is 3.52. The molecule has 0 radical (unpaired) electrons. The van der Waals surface area contributed by atoms with Gasteiger partial charge in [0, 0.05) is 0 Å². The van der Waals surface area contributed by atoms with E-state index in [1.54, 1.807) is 0 Å². The van der Waals surface area contributed by atoms with Gasteiger partial charge in [-0.1, -0.05) is 42.7 Å². The molecule has 1 fully saturated rings. The number of aryl methyl sites for hydroxylation is 1. The molecule has 2 atom stereocenters. The molecular formula is C15H21NO2. The Morgan fingerprint density at radius 1 is 1.39 bits per heavy atom. The van der Waals surface area contributed by atoms with Gasteiger partial charge in [0.2, 0.25) is 5.91 Å². The Labute approximate surface area is 108 Å². The van der Waals surface area contributed by atoms with Crippen molar-refractivity contribution in [2.75, 3.05) is 0 Å². The average molecular weight is 247 g/mol. The molecule has 2 N–H and O–H groups in total. The summed E-state index contributed by atoms with van der Waals surface area (Å²) >= 11 is 0. The van der Waals surface area contributed by atoms with Crippen molar-refractivity contribution in [1.29, 1.82) is 0 Å². The minimum absolute atomic E-state index is 0.00606. The van der Waals surface area contributed by atoms with Gasteiger partial charge in [-0.3, -0.25) is 4.79 Å². The van der Waals surface area contributed by atoms with E-state index in [1.807, 2.05) is 31.2 Å². The van der Waals surface area contributed by atoms with Crippen molar-refractivity contribution < 1.29 is 9.90 Å². The summed E-state index contributed by atoms with van der Waals surface area (Å²) in [6.07, 6.45) is 3.86. The fourth-order valence-corrected chi connectivity index (χ4v) is 2.54. The zero-order chi connectivity index (χ0) is 13.0. The summed E-state index contributed by atoms with van der Waals surface area (Å²) in [6.45, 7) is 2.02. The van der Waals surface area contributed by atoms with Gasteiger partial charge in [0.1, 0.15) is 0 Å². The molecule has 0 spiro atoms. The number of nitrogens with one attached hydrogen (secondary N) is 1. The Morgan fingerprint density at radius 3 is 2.89 bits per heavy atom. The minimum Gasteiger partial charge on any atom is -0.391 e. The molecule has 0 aliphatic heterocycles. The van der Waals surface area contributed by atoms with Crippen LogP contribution >= 0.6 is 0 Å². The predicted molar refractivity (Wildman–Crippen MR) is 71.3 cm³/mol. The van der Waals surface area contributed by atoms with Gasteiger partial charge in [0.05, 0.1) is 18.6 Å². The van der Waals surface area contributed by atoms with E-state index in [0.717, 1.165) is 36.8 Å². The van der Waals surface area contributed by atoms with E-state index in [2.05, 4.69) is 5.32 Å². The zero-order valence-corrected chi connectivity index (χ0v) is 10.9. The highest BCUT2D eigenvalue weighted by molar-refractivity contribution is 5.79. The van der Waals surface area contributed by atoms with Crippen LogP contribution in [-0.2, 0) is 11.2 Å². The van der Waals surface area contributed by atoms with Gasteiger partial charge in [0.15, 0.2) is 0 Å². The highest BCUT2D eigenvalue weighted by Gasteiger charge is 2.24. The Hall–Kier alpha value is -1.35. The number of hydrogen-bond acceptors (Lipinski definition) is 2. The van der Waals surface area contributed by atoms with Crippen LogP contribution in [0.15, 0.2) is 24.3 Å². The number of aliphatic hydroxyl groups is 1. The van der Waals surface area contributed by atoms with Crippen LogP contribution in [0.2, 0.25) is 0 Å². The molecule has 1 amide bonds. The smallest absolute Gasteiger partial charge is 0.224 e. The summed E-state index contributed by atoms with van der Waals surface area (Å²) in [5, 5.41) is 12.8. The Morgan fingerprint density at radius 2 is 2.17 bits per heavy atom. The first kappa shape index (κ1) is 13.1. The number of aliphatic hydroxyl groups excluding tert-OH is 1. The Kier molecular flexibility index (Phi) is 4.37. The molecule has 0 unspecified atom stereocenters. The number of amides is 1. The van der Waals surface area contributed by atoms with Gasteiger partial charge in [-0.05, 0) is 25.3 Å². The highest BCUT2D eigenvalue weighted by atomic mass is 16.3. The second kappa shape index (κ2) is 6.01. The van der Waals surface area contributed by atoms with E-state index < -0.39 is 0 Å². The van der Waals surface area contributed by atoms with E-state index in [0.29, 0.717) is 6.42 Å². The van der Waals surface area contributed by atoms with Crippen molar-refractivity contribution in [2.45, 2.75) is 51.2 Å². The molecule has 1 aromatic rings. The summed E-state index contributed by atoms with van der Waals surface area (Å²) < 4.78 is 0. The maximum absolute atomic E-state index is 11.9. The molecule has 0 heterocycles. The summed E-state index contributed by atoms with van der Waals surface area (Å²) in [7, 11) is 0. The molecule has 98 valence electrons. The first-order valence-corrected chi connectivity index (χ1v) is 6.68. The molecule has 3 nitrogen and oxygen atoms in total. The van der Waals surface area contributed by atoms with Crippen LogP contribution in [0.5, 0.6) is 0 Å². The maximum atomic E-state index is 11.9. The van der Waals surface area contributed by atoms with Crippen LogP contribution in [-0.4, -0.2) is 23.2 Å². The molecule has 3 heteroatoms. The van der Waals surface area contributed by atoms with Crippen molar-refractivity contribution in [2.24, 2.45) is 0 Å². The van der Waals surface area contributed by atoms with Crippen LogP contribution in [0.25, 0.3) is 0 Å². The van der Waals surface area contributed by atoms with Crippen LogP contribution in [0.4, 0.5) is 0 Å². The van der Waals surface area contributed by atoms with E-state index in [4.69, 9.17) is 0 Å². The monoisotopic (exact) mass is 247 g/mol. The van der Waals surface area contributed by atoms with Crippen LogP contribution in [0.3, 0.4) is 0 Å². The third kappa shape index (κ3) is 3.57. The van der Waals surface area contributed by atoms with Crippen LogP contribution in [0.1, 0.15) is 36.8 Å². The van der Waals surface area contributed by atoms with Crippen molar-refractivity contribution in [3.63, 3.8) is 0 Å². The standard InChI is InChI=1S/C15H21NO2/c1-11-5-4-6-12(9-11)10-15(18)16-13-7-2-3-8-14(13)17/h4-6,9,13-14,17H,2-3,7-8,10H2,1H3,(H,16,18)/t13-,14-/m1/s1. The summed E-state index contributed by atoms with van der Waals surface area (Å²) in [5.41, 5.74) is 2.19. The Balaban J connectivity index is 1.88. The molecule has 1 aliphatic carbocycles. The van der Waals surface area contributed by atoms with E-state index in [9.17, 15) is 9.90 Å². The van der Waals surface area contributed by atoms with Gasteiger partial charge in [-0.25, -0.2) is 0 Å². The van der Waals surface area contributed by atoms with Crippen LogP contribution < -0.4 is 5.32 Å². The molecule has 1 saturated carbocycles. The van der Waals surface area contributed by atoms with E-state index in [-0.39, 0.29) is 18.1 Å². The summed E-state index contributed by atoms with van der Waals surface area (Å²) in [6, 6.07) is 7.91. The molecule has 1 aromatic carbocycles. The number of benzene rings is 1. The quantitative estimate of drug-likeness (QED) is 0.857. The number of carbonyl (C=O) groups is 1. The van der Waals surface area contributed by atoms with E-state index >= 15 is 0 Å². The number of rotatable bonds is 3. The first-order valence-electron chi connectivity index (χ1n) is 6.68. The maximum Gasteiger partial charge on any atom is 0.224 e. The zero-order valence-electron chi connectivity index (χ0n) is 10.9. The molecule has 0 aromatic heterocycles. The van der Waals surface area contributed by atoms with Crippen molar-refractivity contribution in [3.05, 3.63) is 35.4 Å². The number of carbonyl (C=O) groups excluding carboxylic acids is 1. The lowest BCUT2D eigenvalue weighted by Crippen LogP contribution is -2.45. The lowest BCUT2D eigenvalue weighted by Gasteiger charge is -2.28. The third-order valence-electron chi connectivity index (χ3n) is 3.52. The summed E-state index contributed by atoms with van der Waals surface area (Å²) in [4.78, 5) is 11.9. The van der Waals surface area contributed by atoms with E-state index in [1.165, 1.54) is 0 Å². The molecular weight excluding hydrogens is 226 g/mol. The predicted octanol–water partition coefficient (Wildman–Crippen LogP) is 1.96. The van der Waals surface area contributed by atoms with Crippen molar-refractivity contribution in [1.82, 2.24) is 5.32 Å². The van der Waals surface area contributed by atoms with Crippen molar-refractivity contribution >= 4 is 5.91 Å². The van der Waals surface area contributed by atoms with Gasteiger partial charge in [-0.15, -0.1) is 0 Å². The SMILES string of the molecule is Cc1cccc(CC(=O)N[C@@H]2CCCC[C@H]2O)c1. The molecule has 2 rings (SSSR count). The highest BCUT2D eigenvalue weighted by Crippen LogP contribution is 2.18. The normalized spacial score (nSPS) is 23.7. The van der Waals surface area contributed by atoms with Gasteiger partial charge in [-0.2, -0.15) is 0 Å². The molecule has 0 bridgehead atoms. The molecule has 0 saturated heterocycles. The second-order valence-corrected chi connectivity index (χ2v) is 5.19. The fraction of sp³-hybridized carbons (Fsp3) is 0.533. The van der Waals surface area contributed by atoms with Gasteiger partial charge in [0.25, 0.3) is 0 Å². The Bertz CT molecular complexity index is 417. The number of hydrogen-bond donors (Lipinski definition) is 2. The fourth-order valence-electron chi connectivity index (χ4n) is 2.54. The topological polar surface area (TPSA) is 49.3 Å². The van der Waals surface area contributed by atoms with Gasteiger partial charge < -0.3 is 10.4 Å². The first-order chi connectivity index (χ1) is 8.65.